The summed E-state index contributed by atoms with van der Waals surface area (Å²) in [6.07, 6.45) is 5.01. The summed E-state index contributed by atoms with van der Waals surface area (Å²) in [5.74, 6) is -0.211. The molecule has 0 amide bonds. The highest BCUT2D eigenvalue weighted by molar-refractivity contribution is 6.62. The topological polar surface area (TPSA) is 66.0 Å². The number of carbonyl (C=O) groups is 1. The quantitative estimate of drug-likeness (QED) is 0.448. The molecule has 3 rings (SSSR count). The molecule has 6 nitrogen and oxygen atoms in total. The Morgan fingerprint density at radius 2 is 1.79 bits per heavy atom. The van der Waals surface area contributed by atoms with Gasteiger partial charge in [-0.15, -0.1) is 0 Å². The average molecular weight is 459 g/mol. The second-order valence-electron chi connectivity index (χ2n) is 11.4. The fourth-order valence-corrected chi connectivity index (χ4v) is 4.06. The zero-order chi connectivity index (χ0) is 24.3. The first-order chi connectivity index (χ1) is 15.4. The van der Waals surface area contributed by atoms with E-state index in [2.05, 4.69) is 45.1 Å². The highest BCUT2D eigenvalue weighted by Crippen LogP contribution is 2.36. The molecular formula is C26H42BNO5. The zero-order valence-corrected chi connectivity index (χ0v) is 21.5. The van der Waals surface area contributed by atoms with E-state index in [4.69, 9.17) is 18.8 Å². The molecule has 1 heterocycles. The van der Waals surface area contributed by atoms with Gasteiger partial charge in [0, 0.05) is 6.54 Å². The first-order valence-corrected chi connectivity index (χ1v) is 12.4. The lowest BCUT2D eigenvalue weighted by Crippen LogP contribution is -2.45. The standard InChI is InChI=1S/C26H42BNO5/c1-24(2,3)30-18-22(23(29)31-21-13-8-9-14-21)28-16-15-19-11-10-12-20(17-19)27-32-25(4,5)26(6,7)33-27/h10-12,17,21-22,28H,8-9,13-16,18H2,1-7H3/t22-/m0/s1. The van der Waals surface area contributed by atoms with E-state index in [0.29, 0.717) is 13.2 Å². The minimum Gasteiger partial charge on any atom is -0.461 e. The van der Waals surface area contributed by atoms with Crippen molar-refractivity contribution in [2.24, 2.45) is 0 Å². The third-order valence-corrected chi connectivity index (χ3v) is 6.83. The third kappa shape index (κ3) is 7.29. The summed E-state index contributed by atoms with van der Waals surface area (Å²) in [6.45, 7) is 15.2. The highest BCUT2D eigenvalue weighted by Gasteiger charge is 2.51. The minimum absolute atomic E-state index is 0.0491. The van der Waals surface area contributed by atoms with E-state index in [0.717, 1.165) is 43.1 Å². The van der Waals surface area contributed by atoms with Gasteiger partial charge in [-0.2, -0.15) is 0 Å². The number of nitrogens with one attached hydrogen (secondary N) is 1. The number of carbonyl (C=O) groups excluding carboxylic acids is 1. The van der Waals surface area contributed by atoms with E-state index in [1.54, 1.807) is 0 Å². The van der Waals surface area contributed by atoms with Crippen LogP contribution in [-0.4, -0.2) is 55.2 Å². The molecule has 0 radical (unpaired) electrons. The Labute approximate surface area is 200 Å². The van der Waals surface area contributed by atoms with Crippen LogP contribution >= 0.6 is 0 Å². The van der Waals surface area contributed by atoms with Crippen LogP contribution in [0.3, 0.4) is 0 Å². The molecule has 1 saturated carbocycles. The van der Waals surface area contributed by atoms with E-state index in [1.165, 1.54) is 0 Å². The summed E-state index contributed by atoms with van der Waals surface area (Å²) in [4.78, 5) is 12.8. The average Bonchev–Trinajstić information content (AvgIpc) is 3.29. The van der Waals surface area contributed by atoms with Crippen LogP contribution in [0.5, 0.6) is 0 Å². The first-order valence-electron chi connectivity index (χ1n) is 12.4. The SMILES string of the molecule is CC(C)(C)OC[C@H](NCCc1cccc(B2OC(C)(C)C(C)(C)O2)c1)C(=O)OC1CCCC1. The summed E-state index contributed by atoms with van der Waals surface area (Å²) in [6, 6.07) is 7.81. The molecule has 1 aliphatic heterocycles. The van der Waals surface area contributed by atoms with Crippen molar-refractivity contribution in [3.63, 3.8) is 0 Å². The second-order valence-corrected chi connectivity index (χ2v) is 11.4. The Kier molecular flexibility index (Phi) is 8.31. The van der Waals surface area contributed by atoms with Gasteiger partial charge in [0.05, 0.1) is 23.4 Å². The Bertz CT molecular complexity index is 782. The maximum atomic E-state index is 12.8. The fourth-order valence-electron chi connectivity index (χ4n) is 4.06. The molecule has 1 aromatic rings. The van der Waals surface area contributed by atoms with Crippen LogP contribution < -0.4 is 10.8 Å². The summed E-state index contributed by atoms with van der Waals surface area (Å²) in [5.41, 5.74) is 1.13. The van der Waals surface area contributed by atoms with Crippen molar-refractivity contribution in [2.45, 2.75) is 110 Å². The molecule has 2 aliphatic rings. The van der Waals surface area contributed by atoms with Crippen molar-refractivity contribution in [3.8, 4) is 0 Å². The van der Waals surface area contributed by atoms with Crippen LogP contribution in [0.4, 0.5) is 0 Å². The number of esters is 1. The van der Waals surface area contributed by atoms with Crippen LogP contribution in [0.15, 0.2) is 24.3 Å². The largest absolute Gasteiger partial charge is 0.494 e. The van der Waals surface area contributed by atoms with Crippen LogP contribution in [0.1, 0.15) is 79.7 Å². The van der Waals surface area contributed by atoms with Crippen molar-refractivity contribution in [3.05, 3.63) is 29.8 Å². The van der Waals surface area contributed by atoms with Crippen LogP contribution in [-0.2, 0) is 30.0 Å². The van der Waals surface area contributed by atoms with Crippen molar-refractivity contribution in [1.29, 1.82) is 0 Å². The summed E-state index contributed by atoms with van der Waals surface area (Å²) >= 11 is 0. The predicted octanol–water partition coefficient (Wildman–Crippen LogP) is 3.79. The van der Waals surface area contributed by atoms with Crippen molar-refractivity contribution < 1.29 is 23.6 Å². The maximum Gasteiger partial charge on any atom is 0.494 e. The monoisotopic (exact) mass is 459 g/mol. The summed E-state index contributed by atoms with van der Waals surface area (Å²) in [7, 11) is -0.378. The van der Waals surface area contributed by atoms with E-state index < -0.39 is 6.04 Å². The second kappa shape index (κ2) is 10.5. The number of benzene rings is 1. The first kappa shape index (κ1) is 26.2. The number of rotatable bonds is 9. The molecule has 7 heteroatoms. The third-order valence-electron chi connectivity index (χ3n) is 6.83. The van der Waals surface area contributed by atoms with Crippen molar-refractivity contribution in [1.82, 2.24) is 5.32 Å². The molecule has 33 heavy (non-hydrogen) atoms. The summed E-state index contributed by atoms with van der Waals surface area (Å²) < 4.78 is 24.0. The molecule has 0 aromatic heterocycles. The normalized spacial score (nSPS) is 21.4. The molecular weight excluding hydrogens is 417 g/mol. The highest BCUT2D eigenvalue weighted by atomic mass is 16.7. The molecule has 1 aromatic carbocycles. The minimum atomic E-state index is -0.476. The van der Waals surface area contributed by atoms with E-state index in [-0.39, 0.29) is 36.0 Å². The maximum absolute atomic E-state index is 12.8. The Morgan fingerprint density at radius 1 is 1.15 bits per heavy atom. The van der Waals surface area contributed by atoms with Gasteiger partial charge in [0.1, 0.15) is 12.1 Å². The number of hydrogen-bond donors (Lipinski definition) is 1. The number of hydrogen-bond acceptors (Lipinski definition) is 6. The van der Waals surface area contributed by atoms with E-state index >= 15 is 0 Å². The van der Waals surface area contributed by atoms with Crippen LogP contribution in [0.25, 0.3) is 0 Å². The molecule has 2 fully saturated rings. The van der Waals surface area contributed by atoms with Gasteiger partial charge in [-0.3, -0.25) is 4.79 Å². The predicted molar refractivity (Wildman–Crippen MR) is 132 cm³/mol. The molecule has 1 saturated heterocycles. The number of ether oxygens (including phenoxy) is 2. The van der Waals surface area contributed by atoms with Gasteiger partial charge in [0.2, 0.25) is 0 Å². The summed E-state index contributed by atoms with van der Waals surface area (Å²) in [5, 5.41) is 3.37. The van der Waals surface area contributed by atoms with E-state index in [1.807, 2.05) is 32.9 Å². The molecule has 0 unspecified atom stereocenters. The Morgan fingerprint density at radius 3 is 2.39 bits per heavy atom. The molecule has 0 bridgehead atoms. The van der Waals surface area contributed by atoms with Crippen molar-refractivity contribution in [2.75, 3.05) is 13.2 Å². The van der Waals surface area contributed by atoms with Gasteiger partial charge < -0.3 is 24.1 Å². The lowest BCUT2D eigenvalue weighted by atomic mass is 9.78. The lowest BCUT2D eigenvalue weighted by molar-refractivity contribution is -0.154. The Hall–Kier alpha value is -1.41. The molecule has 1 aliphatic carbocycles. The van der Waals surface area contributed by atoms with Gasteiger partial charge in [-0.1, -0.05) is 24.3 Å². The van der Waals surface area contributed by atoms with Crippen molar-refractivity contribution >= 4 is 18.6 Å². The smallest absolute Gasteiger partial charge is 0.461 e. The fraction of sp³-hybridized carbons (Fsp3) is 0.731. The van der Waals surface area contributed by atoms with Gasteiger partial charge in [0.25, 0.3) is 0 Å². The van der Waals surface area contributed by atoms with Crippen LogP contribution in [0.2, 0.25) is 0 Å². The molecule has 1 N–H and O–H groups in total. The van der Waals surface area contributed by atoms with Gasteiger partial charge in [0.15, 0.2) is 0 Å². The molecule has 184 valence electrons. The lowest BCUT2D eigenvalue weighted by Gasteiger charge is -2.32. The Balaban J connectivity index is 1.57. The zero-order valence-electron chi connectivity index (χ0n) is 21.5. The van der Waals surface area contributed by atoms with Crippen LogP contribution in [0, 0.1) is 0 Å². The molecule has 0 spiro atoms. The molecule has 1 atom stereocenters. The van der Waals surface area contributed by atoms with Gasteiger partial charge in [-0.25, -0.2) is 0 Å². The van der Waals surface area contributed by atoms with Gasteiger partial charge in [-0.05, 0) is 91.6 Å². The van der Waals surface area contributed by atoms with E-state index in [9.17, 15) is 4.79 Å². The van der Waals surface area contributed by atoms with Gasteiger partial charge >= 0.3 is 13.1 Å².